The molecule has 1 rings (SSSR count). The van der Waals surface area contributed by atoms with Gasteiger partial charge in [-0.15, -0.1) is 0 Å². The molecule has 2 unspecified atom stereocenters. The lowest BCUT2D eigenvalue weighted by molar-refractivity contribution is -0.142. The lowest BCUT2D eigenvalue weighted by atomic mass is 10.1. The van der Waals surface area contributed by atoms with Crippen molar-refractivity contribution in [1.82, 2.24) is 4.98 Å². The van der Waals surface area contributed by atoms with Gasteiger partial charge in [-0.3, -0.25) is 4.79 Å². The smallest absolute Gasteiger partial charge is 0.326 e. The summed E-state index contributed by atoms with van der Waals surface area (Å²) >= 11 is 0. The molecule has 2 N–H and O–H groups in total. The molecule has 1 aromatic rings. The fraction of sp³-hybridized carbons (Fsp3) is 0.462. The first-order valence-electron chi connectivity index (χ1n) is 5.97. The summed E-state index contributed by atoms with van der Waals surface area (Å²) in [6.07, 6.45) is 1.58. The van der Waals surface area contributed by atoms with Crippen molar-refractivity contribution >= 4 is 17.8 Å². The number of rotatable bonds is 6. The van der Waals surface area contributed by atoms with Crippen molar-refractivity contribution in [1.29, 1.82) is 0 Å². The minimum atomic E-state index is -1.01. The first kappa shape index (κ1) is 14.9. The molecular weight excluding hydrogens is 248 g/mol. The third-order valence-corrected chi connectivity index (χ3v) is 2.91. The SMILES string of the molecule is Cc1ccnc(N(CC(C)C(=O)O)C(C)C(=O)O)c1. The number of aryl methyl sites for hydroxylation is 1. The van der Waals surface area contributed by atoms with Gasteiger partial charge in [-0.25, -0.2) is 9.78 Å². The van der Waals surface area contributed by atoms with Crippen LogP contribution in [-0.4, -0.2) is 39.7 Å². The van der Waals surface area contributed by atoms with E-state index in [2.05, 4.69) is 4.98 Å². The van der Waals surface area contributed by atoms with Crippen LogP contribution < -0.4 is 4.90 Å². The van der Waals surface area contributed by atoms with Crippen LogP contribution in [0.5, 0.6) is 0 Å². The van der Waals surface area contributed by atoms with Gasteiger partial charge in [0.1, 0.15) is 11.9 Å². The molecule has 0 aliphatic heterocycles. The van der Waals surface area contributed by atoms with E-state index in [1.54, 1.807) is 25.3 Å². The Hall–Kier alpha value is -2.11. The van der Waals surface area contributed by atoms with Gasteiger partial charge in [-0.1, -0.05) is 6.92 Å². The first-order chi connectivity index (χ1) is 8.82. The summed E-state index contributed by atoms with van der Waals surface area (Å²) in [6, 6.07) is 2.71. The Morgan fingerprint density at radius 2 is 1.95 bits per heavy atom. The van der Waals surface area contributed by atoms with Crippen molar-refractivity contribution < 1.29 is 19.8 Å². The minimum Gasteiger partial charge on any atom is -0.481 e. The van der Waals surface area contributed by atoms with E-state index in [1.807, 2.05) is 6.92 Å². The average Bonchev–Trinajstić information content (AvgIpc) is 2.34. The lowest BCUT2D eigenvalue weighted by Crippen LogP contribution is -2.43. The molecule has 6 nitrogen and oxygen atoms in total. The number of nitrogens with zero attached hydrogens (tertiary/aromatic N) is 2. The third-order valence-electron chi connectivity index (χ3n) is 2.91. The Bertz CT molecular complexity index is 475. The number of carbonyl (C=O) groups is 2. The van der Waals surface area contributed by atoms with Gasteiger partial charge in [0.25, 0.3) is 0 Å². The number of anilines is 1. The second-order valence-corrected chi connectivity index (χ2v) is 4.60. The summed E-state index contributed by atoms with van der Waals surface area (Å²) in [7, 11) is 0. The molecule has 0 fully saturated rings. The summed E-state index contributed by atoms with van der Waals surface area (Å²) in [4.78, 5) is 27.7. The molecule has 0 saturated heterocycles. The summed E-state index contributed by atoms with van der Waals surface area (Å²) < 4.78 is 0. The molecule has 1 heterocycles. The van der Waals surface area contributed by atoms with E-state index < -0.39 is 23.9 Å². The van der Waals surface area contributed by atoms with Crippen LogP contribution in [0.2, 0.25) is 0 Å². The largest absolute Gasteiger partial charge is 0.481 e. The molecule has 104 valence electrons. The summed E-state index contributed by atoms with van der Waals surface area (Å²) in [5.41, 5.74) is 0.940. The number of pyridine rings is 1. The zero-order chi connectivity index (χ0) is 14.6. The molecule has 0 aliphatic rings. The van der Waals surface area contributed by atoms with Crippen molar-refractivity contribution in [2.45, 2.75) is 26.8 Å². The second kappa shape index (κ2) is 6.17. The minimum absolute atomic E-state index is 0.0965. The molecule has 1 aromatic heterocycles. The van der Waals surface area contributed by atoms with Gasteiger partial charge in [0, 0.05) is 12.7 Å². The molecule has 6 heteroatoms. The molecule has 2 atom stereocenters. The molecule has 0 spiro atoms. The molecule has 0 bridgehead atoms. The topological polar surface area (TPSA) is 90.7 Å². The maximum absolute atomic E-state index is 11.1. The number of hydrogen-bond donors (Lipinski definition) is 2. The fourth-order valence-corrected chi connectivity index (χ4v) is 1.63. The van der Waals surface area contributed by atoms with Crippen molar-refractivity contribution in [2.24, 2.45) is 5.92 Å². The third kappa shape index (κ3) is 3.94. The monoisotopic (exact) mass is 266 g/mol. The molecule has 0 amide bonds. The Labute approximate surface area is 111 Å². The maximum Gasteiger partial charge on any atom is 0.326 e. The summed E-state index contributed by atoms with van der Waals surface area (Å²) in [6.45, 7) is 5.02. The average molecular weight is 266 g/mol. The van der Waals surface area contributed by atoms with Gasteiger partial charge >= 0.3 is 11.9 Å². The van der Waals surface area contributed by atoms with Gasteiger partial charge in [0.2, 0.25) is 0 Å². The Kier molecular flexibility index (Phi) is 4.86. The maximum atomic E-state index is 11.1. The zero-order valence-electron chi connectivity index (χ0n) is 11.2. The van der Waals surface area contributed by atoms with Crippen LogP contribution in [0, 0.1) is 12.8 Å². The summed E-state index contributed by atoms with van der Waals surface area (Å²) in [5, 5.41) is 18.1. The van der Waals surface area contributed by atoms with Crippen LogP contribution in [0.4, 0.5) is 5.82 Å². The quantitative estimate of drug-likeness (QED) is 0.808. The predicted molar refractivity (Wildman–Crippen MR) is 70.2 cm³/mol. The highest BCUT2D eigenvalue weighted by molar-refractivity contribution is 5.78. The number of aliphatic carboxylic acids is 2. The summed E-state index contributed by atoms with van der Waals surface area (Å²) in [5.74, 6) is -2.18. The lowest BCUT2D eigenvalue weighted by Gasteiger charge is -2.29. The van der Waals surface area contributed by atoms with E-state index in [9.17, 15) is 9.59 Å². The van der Waals surface area contributed by atoms with E-state index in [1.165, 1.54) is 11.8 Å². The van der Waals surface area contributed by atoms with E-state index in [0.717, 1.165) is 5.56 Å². The number of aromatic nitrogens is 1. The highest BCUT2D eigenvalue weighted by Crippen LogP contribution is 2.17. The van der Waals surface area contributed by atoms with Gasteiger partial charge in [-0.2, -0.15) is 0 Å². The van der Waals surface area contributed by atoms with E-state index in [0.29, 0.717) is 5.82 Å². The first-order valence-corrected chi connectivity index (χ1v) is 5.97. The molecule has 0 saturated carbocycles. The van der Waals surface area contributed by atoms with Gasteiger partial charge in [0.05, 0.1) is 5.92 Å². The van der Waals surface area contributed by atoms with Gasteiger partial charge in [-0.05, 0) is 31.5 Å². The number of hydrogen-bond acceptors (Lipinski definition) is 4. The van der Waals surface area contributed by atoms with E-state index >= 15 is 0 Å². The Morgan fingerprint density at radius 3 is 2.42 bits per heavy atom. The molecule has 0 aromatic carbocycles. The van der Waals surface area contributed by atoms with Crippen LogP contribution in [-0.2, 0) is 9.59 Å². The zero-order valence-corrected chi connectivity index (χ0v) is 11.2. The molecule has 0 aliphatic carbocycles. The van der Waals surface area contributed by atoms with Gasteiger partial charge < -0.3 is 15.1 Å². The van der Waals surface area contributed by atoms with Crippen molar-refractivity contribution in [3.63, 3.8) is 0 Å². The Balaban J connectivity index is 3.05. The molecular formula is C13H18N2O4. The number of carboxylic acids is 2. The predicted octanol–water partition coefficient (Wildman–Crippen LogP) is 1.39. The Morgan fingerprint density at radius 1 is 1.32 bits per heavy atom. The van der Waals surface area contributed by atoms with E-state index in [-0.39, 0.29) is 6.54 Å². The second-order valence-electron chi connectivity index (χ2n) is 4.60. The van der Waals surface area contributed by atoms with Crippen LogP contribution in [0.15, 0.2) is 18.3 Å². The van der Waals surface area contributed by atoms with E-state index in [4.69, 9.17) is 10.2 Å². The van der Waals surface area contributed by atoms with Crippen molar-refractivity contribution in [3.8, 4) is 0 Å². The highest BCUT2D eigenvalue weighted by atomic mass is 16.4. The van der Waals surface area contributed by atoms with Crippen molar-refractivity contribution in [3.05, 3.63) is 23.9 Å². The standard InChI is InChI=1S/C13H18N2O4/c1-8-4-5-14-11(6-8)15(10(3)13(18)19)7-9(2)12(16)17/h4-6,9-10H,7H2,1-3H3,(H,16,17)(H,18,19). The fourth-order valence-electron chi connectivity index (χ4n) is 1.63. The van der Waals surface area contributed by atoms with Crippen LogP contribution in [0.1, 0.15) is 19.4 Å². The number of carboxylic acid groups (broad SMARTS) is 2. The van der Waals surface area contributed by atoms with Crippen LogP contribution >= 0.6 is 0 Å². The van der Waals surface area contributed by atoms with Gasteiger partial charge in [0.15, 0.2) is 0 Å². The van der Waals surface area contributed by atoms with Crippen LogP contribution in [0.25, 0.3) is 0 Å². The molecule has 19 heavy (non-hydrogen) atoms. The van der Waals surface area contributed by atoms with Crippen molar-refractivity contribution in [2.75, 3.05) is 11.4 Å². The highest BCUT2D eigenvalue weighted by Gasteiger charge is 2.26. The normalized spacial score (nSPS) is 13.6. The molecule has 0 radical (unpaired) electrons. The van der Waals surface area contributed by atoms with Crippen LogP contribution in [0.3, 0.4) is 0 Å².